The Morgan fingerprint density at radius 2 is 2.10 bits per heavy atom. The molecule has 21 heavy (non-hydrogen) atoms. The second kappa shape index (κ2) is 5.50. The van der Waals surface area contributed by atoms with Gasteiger partial charge < -0.3 is 4.57 Å². The van der Waals surface area contributed by atoms with Crippen molar-refractivity contribution in [3.05, 3.63) is 52.5 Å². The van der Waals surface area contributed by atoms with Gasteiger partial charge in [-0.3, -0.25) is 4.79 Å². The second-order valence-electron chi connectivity index (χ2n) is 5.04. The van der Waals surface area contributed by atoms with E-state index in [9.17, 15) is 22.4 Å². The van der Waals surface area contributed by atoms with Gasteiger partial charge in [-0.05, 0) is 29.7 Å². The predicted molar refractivity (Wildman–Crippen MR) is 72.6 cm³/mol. The van der Waals surface area contributed by atoms with E-state index in [0.29, 0.717) is 18.2 Å². The van der Waals surface area contributed by atoms with E-state index < -0.39 is 18.3 Å². The first-order chi connectivity index (χ1) is 9.77. The molecule has 1 aliphatic carbocycles. The zero-order chi connectivity index (χ0) is 15.7. The molecule has 0 aliphatic heterocycles. The Balaban J connectivity index is 2.32. The van der Waals surface area contributed by atoms with E-state index >= 15 is 0 Å². The second-order valence-corrected chi connectivity index (χ2v) is 5.04. The van der Waals surface area contributed by atoms with Crippen molar-refractivity contribution < 1.29 is 17.6 Å². The van der Waals surface area contributed by atoms with Crippen molar-refractivity contribution in [2.45, 2.75) is 38.2 Å². The summed E-state index contributed by atoms with van der Waals surface area (Å²) in [5, 5.41) is 0. The topological polar surface area (TPSA) is 22.0 Å². The third kappa shape index (κ3) is 3.09. The van der Waals surface area contributed by atoms with Crippen LogP contribution >= 0.6 is 0 Å². The number of alkyl halides is 4. The van der Waals surface area contributed by atoms with Crippen LogP contribution in [0, 0.1) is 0 Å². The van der Waals surface area contributed by atoms with Crippen LogP contribution in [0.15, 0.2) is 41.4 Å². The van der Waals surface area contributed by atoms with Gasteiger partial charge in [0.25, 0.3) is 5.56 Å². The maximum absolute atomic E-state index is 14.0. The van der Waals surface area contributed by atoms with Crippen molar-refractivity contribution in [3.63, 3.8) is 0 Å². The van der Waals surface area contributed by atoms with Crippen molar-refractivity contribution in [1.29, 1.82) is 0 Å². The summed E-state index contributed by atoms with van der Waals surface area (Å²) in [5.41, 5.74) is -3.20. The number of allylic oxidation sites excluding steroid dienone is 4. The molecule has 1 aliphatic rings. The molecular formula is C15H15F4NO. The molecule has 1 unspecified atom stereocenters. The van der Waals surface area contributed by atoms with Gasteiger partial charge in [-0.1, -0.05) is 19.1 Å². The Bertz CT molecular complexity index is 642. The maximum Gasteiger partial charge on any atom is 0.426 e. The number of hydrogen-bond acceptors (Lipinski definition) is 1. The normalized spacial score (nSPS) is 22.2. The number of aromatic nitrogens is 1. The Morgan fingerprint density at radius 1 is 1.38 bits per heavy atom. The average Bonchev–Trinajstić information content (AvgIpc) is 2.40. The molecule has 0 bridgehead atoms. The van der Waals surface area contributed by atoms with Crippen LogP contribution in [0.5, 0.6) is 0 Å². The summed E-state index contributed by atoms with van der Waals surface area (Å²) >= 11 is 0. The minimum Gasteiger partial charge on any atom is -0.316 e. The van der Waals surface area contributed by atoms with Crippen molar-refractivity contribution in [1.82, 2.24) is 4.57 Å². The first-order valence-electron chi connectivity index (χ1n) is 6.62. The molecule has 0 fully saturated rings. The van der Waals surface area contributed by atoms with Crippen LogP contribution in [-0.4, -0.2) is 16.4 Å². The van der Waals surface area contributed by atoms with Crippen molar-refractivity contribution in [3.8, 4) is 0 Å². The Hall–Kier alpha value is -1.85. The molecule has 0 radical (unpaired) electrons. The first kappa shape index (κ1) is 15.5. The zero-order valence-electron chi connectivity index (χ0n) is 11.5. The SMILES string of the molecule is CCCn1ccc(C2=CC=CC(F)(C(F)(F)F)C2)cc1=O. The van der Waals surface area contributed by atoms with E-state index in [1.54, 1.807) is 6.07 Å². The van der Waals surface area contributed by atoms with Crippen molar-refractivity contribution in [2.75, 3.05) is 0 Å². The van der Waals surface area contributed by atoms with E-state index in [1.165, 1.54) is 22.9 Å². The van der Waals surface area contributed by atoms with Gasteiger partial charge in [-0.2, -0.15) is 13.2 Å². The van der Waals surface area contributed by atoms with Crippen LogP contribution < -0.4 is 5.56 Å². The lowest BCUT2D eigenvalue weighted by Gasteiger charge is -2.28. The lowest BCUT2D eigenvalue weighted by Crippen LogP contribution is -2.40. The summed E-state index contributed by atoms with van der Waals surface area (Å²) in [4.78, 5) is 11.8. The molecule has 0 saturated heterocycles. The molecule has 2 rings (SSSR count). The minimum absolute atomic E-state index is 0.165. The fourth-order valence-corrected chi connectivity index (χ4v) is 2.24. The van der Waals surface area contributed by atoms with Crippen molar-refractivity contribution >= 4 is 5.57 Å². The minimum atomic E-state index is -4.97. The fourth-order valence-electron chi connectivity index (χ4n) is 2.24. The molecule has 114 valence electrons. The van der Waals surface area contributed by atoms with Crippen LogP contribution in [0.2, 0.25) is 0 Å². The van der Waals surface area contributed by atoms with Crippen molar-refractivity contribution in [2.24, 2.45) is 0 Å². The van der Waals surface area contributed by atoms with E-state index in [-0.39, 0.29) is 11.1 Å². The highest BCUT2D eigenvalue weighted by molar-refractivity contribution is 5.69. The Labute approximate surface area is 119 Å². The van der Waals surface area contributed by atoms with Gasteiger partial charge >= 0.3 is 6.18 Å². The highest BCUT2D eigenvalue weighted by Gasteiger charge is 2.54. The lowest BCUT2D eigenvalue weighted by atomic mass is 9.87. The summed E-state index contributed by atoms with van der Waals surface area (Å²) in [5.74, 6) is 0. The molecule has 0 spiro atoms. The van der Waals surface area contributed by atoms with Gasteiger partial charge in [0.2, 0.25) is 5.67 Å². The Kier molecular flexibility index (Phi) is 4.07. The third-order valence-corrected chi connectivity index (χ3v) is 3.41. The number of hydrogen-bond donors (Lipinski definition) is 0. The van der Waals surface area contributed by atoms with Crippen LogP contribution in [-0.2, 0) is 6.54 Å². The summed E-state index contributed by atoms with van der Waals surface area (Å²) in [7, 11) is 0. The summed E-state index contributed by atoms with van der Waals surface area (Å²) < 4.78 is 53.7. The van der Waals surface area contributed by atoms with E-state index in [2.05, 4.69) is 0 Å². The molecule has 0 amide bonds. The number of pyridine rings is 1. The molecule has 1 atom stereocenters. The smallest absolute Gasteiger partial charge is 0.316 e. The maximum atomic E-state index is 14.0. The van der Waals surface area contributed by atoms with Gasteiger partial charge in [-0.15, -0.1) is 0 Å². The predicted octanol–water partition coefficient (Wildman–Crippen LogP) is 3.87. The quantitative estimate of drug-likeness (QED) is 0.777. The van der Waals surface area contributed by atoms with E-state index in [0.717, 1.165) is 12.5 Å². The Morgan fingerprint density at radius 3 is 2.67 bits per heavy atom. The van der Waals surface area contributed by atoms with Crippen LogP contribution in [0.1, 0.15) is 25.3 Å². The summed E-state index contributed by atoms with van der Waals surface area (Å²) in [6.07, 6.45) is -0.536. The summed E-state index contributed by atoms with van der Waals surface area (Å²) in [6, 6.07) is 2.79. The largest absolute Gasteiger partial charge is 0.426 e. The molecule has 0 N–H and O–H groups in total. The molecule has 6 heteroatoms. The first-order valence-corrected chi connectivity index (χ1v) is 6.62. The standard InChI is InChI=1S/C15H15F4NO/c1-2-7-20-8-5-11(9-13(20)21)12-4-3-6-14(16,10-12)15(17,18)19/h3-6,8-9H,2,7,10H2,1H3. The molecule has 1 heterocycles. The van der Waals surface area contributed by atoms with Crippen LogP contribution in [0.4, 0.5) is 17.6 Å². The van der Waals surface area contributed by atoms with Gasteiger partial charge in [0, 0.05) is 25.2 Å². The monoisotopic (exact) mass is 301 g/mol. The zero-order valence-corrected chi connectivity index (χ0v) is 11.5. The number of aryl methyl sites for hydroxylation is 1. The molecule has 2 nitrogen and oxygen atoms in total. The highest BCUT2D eigenvalue weighted by atomic mass is 19.4. The van der Waals surface area contributed by atoms with Gasteiger partial charge in [-0.25, -0.2) is 4.39 Å². The van der Waals surface area contributed by atoms with E-state index in [4.69, 9.17) is 0 Å². The lowest BCUT2D eigenvalue weighted by molar-refractivity contribution is -0.210. The number of nitrogens with zero attached hydrogens (tertiary/aromatic N) is 1. The number of rotatable bonds is 3. The van der Waals surface area contributed by atoms with Gasteiger partial charge in [0.15, 0.2) is 0 Å². The van der Waals surface area contributed by atoms with Gasteiger partial charge in [0.1, 0.15) is 0 Å². The molecular weight excluding hydrogens is 286 g/mol. The molecule has 1 aromatic rings. The van der Waals surface area contributed by atoms with E-state index in [1.807, 2.05) is 6.92 Å². The fraction of sp³-hybridized carbons (Fsp3) is 0.400. The summed E-state index contributed by atoms with van der Waals surface area (Å²) in [6.45, 7) is 2.45. The average molecular weight is 301 g/mol. The molecule has 0 aromatic carbocycles. The third-order valence-electron chi connectivity index (χ3n) is 3.41. The molecule has 0 saturated carbocycles. The van der Waals surface area contributed by atoms with Crippen LogP contribution in [0.3, 0.4) is 0 Å². The highest BCUT2D eigenvalue weighted by Crippen LogP contribution is 2.43. The number of halogens is 4. The molecule has 1 aromatic heterocycles. The van der Waals surface area contributed by atoms with Gasteiger partial charge in [0.05, 0.1) is 0 Å². The van der Waals surface area contributed by atoms with Crippen LogP contribution in [0.25, 0.3) is 5.57 Å².